The lowest BCUT2D eigenvalue weighted by Gasteiger charge is -2.09. The monoisotopic (exact) mass is 202 g/mol. The van der Waals surface area contributed by atoms with Gasteiger partial charge in [0.1, 0.15) is 0 Å². The normalized spacial score (nSPS) is 11.6. The summed E-state index contributed by atoms with van der Waals surface area (Å²) < 4.78 is 8.81. The van der Waals surface area contributed by atoms with Crippen LogP contribution in [0, 0.1) is 0 Å². The minimum Gasteiger partial charge on any atom is -0.461 e. The van der Waals surface area contributed by atoms with Crippen LogP contribution in [0.3, 0.4) is 0 Å². The summed E-state index contributed by atoms with van der Waals surface area (Å²) in [5, 5.41) is 8.95. The fraction of sp³-hybridized carbons (Fsp3) is 0.556. The average molecular weight is 202 g/mol. The number of aliphatic hydroxyl groups is 1. The molecule has 0 aliphatic heterocycles. The van der Waals surface area contributed by atoms with E-state index in [0.717, 1.165) is 12.5 Å². The highest BCUT2D eigenvalue weighted by molar-refractivity contribution is 5.84. The minimum absolute atomic E-state index is 0.206. The van der Waals surface area contributed by atoms with E-state index in [1.54, 1.807) is 0 Å². The Morgan fingerprint density at radius 1 is 1.57 bits per heavy atom. The number of carbonyl (C=O) groups excluding carboxylic acids is 2. The first-order chi connectivity index (χ1) is 6.61. The Hall–Kier alpha value is -1.36. The molecule has 0 aromatic carbocycles. The lowest BCUT2D eigenvalue weighted by molar-refractivity contribution is -0.188. The maximum Gasteiger partial charge on any atom is 0.376 e. The molecule has 5 nitrogen and oxygen atoms in total. The van der Waals surface area contributed by atoms with Gasteiger partial charge in [0, 0.05) is 6.08 Å². The van der Waals surface area contributed by atoms with Gasteiger partial charge in [-0.2, -0.15) is 0 Å². The number of esters is 2. The molecule has 1 unspecified atom stereocenters. The maximum atomic E-state index is 10.9. The highest BCUT2D eigenvalue weighted by atomic mass is 16.7. The van der Waals surface area contributed by atoms with Gasteiger partial charge in [-0.15, -0.1) is 0 Å². The van der Waals surface area contributed by atoms with Gasteiger partial charge in [-0.1, -0.05) is 19.9 Å². The molecule has 0 aliphatic carbocycles. The largest absolute Gasteiger partial charge is 0.461 e. The van der Waals surface area contributed by atoms with E-state index in [0.29, 0.717) is 6.42 Å². The predicted molar refractivity (Wildman–Crippen MR) is 48.2 cm³/mol. The van der Waals surface area contributed by atoms with Crippen molar-refractivity contribution < 1.29 is 24.2 Å². The molecule has 0 amide bonds. The number of unbranched alkanes of at least 4 members (excludes halogenated alkanes) is 1. The van der Waals surface area contributed by atoms with Crippen LogP contribution in [0.4, 0.5) is 0 Å². The lowest BCUT2D eigenvalue weighted by Crippen LogP contribution is -2.28. The molecule has 1 N–H and O–H groups in total. The van der Waals surface area contributed by atoms with Crippen molar-refractivity contribution >= 4 is 11.9 Å². The van der Waals surface area contributed by atoms with E-state index in [1.807, 2.05) is 6.92 Å². The van der Waals surface area contributed by atoms with Crippen molar-refractivity contribution in [3.05, 3.63) is 12.7 Å². The molecular weight excluding hydrogens is 188 g/mol. The fourth-order valence-electron chi connectivity index (χ4n) is 0.595. The average Bonchev–Trinajstić information content (AvgIpc) is 2.17. The Bertz CT molecular complexity index is 211. The molecule has 1 atom stereocenters. The fourth-order valence-corrected chi connectivity index (χ4v) is 0.595. The van der Waals surface area contributed by atoms with Gasteiger partial charge in [-0.05, 0) is 6.42 Å². The molecule has 0 fully saturated rings. The molecule has 5 heteroatoms. The zero-order valence-electron chi connectivity index (χ0n) is 8.06. The van der Waals surface area contributed by atoms with Crippen LogP contribution in [-0.4, -0.2) is 29.9 Å². The Morgan fingerprint density at radius 3 is 2.71 bits per heavy atom. The second-order valence-corrected chi connectivity index (χ2v) is 2.51. The molecule has 0 rings (SSSR count). The highest BCUT2D eigenvalue weighted by Crippen LogP contribution is 1.95. The molecule has 0 saturated carbocycles. The third kappa shape index (κ3) is 5.31. The summed E-state index contributed by atoms with van der Waals surface area (Å²) in [6.07, 6.45) is 0.559. The SMILES string of the molecule is C=CC(=O)OC(O)C(=O)OCCCC. The van der Waals surface area contributed by atoms with Crippen molar-refractivity contribution in [3.8, 4) is 0 Å². The van der Waals surface area contributed by atoms with Crippen LogP contribution in [0.25, 0.3) is 0 Å². The molecule has 0 spiro atoms. The first-order valence-electron chi connectivity index (χ1n) is 4.29. The van der Waals surface area contributed by atoms with Crippen LogP contribution >= 0.6 is 0 Å². The Balaban J connectivity index is 3.75. The predicted octanol–water partition coefficient (Wildman–Crippen LogP) is 0.377. The number of ether oxygens (including phenoxy) is 2. The summed E-state index contributed by atoms with van der Waals surface area (Å²) in [7, 11) is 0. The van der Waals surface area contributed by atoms with Crippen molar-refractivity contribution in [2.24, 2.45) is 0 Å². The Labute approximate surface area is 82.3 Å². The summed E-state index contributed by atoms with van der Waals surface area (Å²) >= 11 is 0. The van der Waals surface area contributed by atoms with Gasteiger partial charge in [0.2, 0.25) is 0 Å². The van der Waals surface area contributed by atoms with E-state index in [-0.39, 0.29) is 6.61 Å². The van der Waals surface area contributed by atoms with Crippen molar-refractivity contribution in [3.63, 3.8) is 0 Å². The number of hydrogen-bond donors (Lipinski definition) is 1. The second kappa shape index (κ2) is 7.08. The van der Waals surface area contributed by atoms with Gasteiger partial charge in [0.25, 0.3) is 6.29 Å². The second-order valence-electron chi connectivity index (χ2n) is 2.51. The van der Waals surface area contributed by atoms with Crippen LogP contribution in [0.1, 0.15) is 19.8 Å². The third-order valence-corrected chi connectivity index (χ3v) is 1.34. The molecule has 80 valence electrons. The molecule has 0 bridgehead atoms. The van der Waals surface area contributed by atoms with Gasteiger partial charge in [0.05, 0.1) is 6.61 Å². The van der Waals surface area contributed by atoms with Crippen molar-refractivity contribution in [1.82, 2.24) is 0 Å². The van der Waals surface area contributed by atoms with Crippen LogP contribution in [0.5, 0.6) is 0 Å². The van der Waals surface area contributed by atoms with Gasteiger partial charge < -0.3 is 14.6 Å². The van der Waals surface area contributed by atoms with E-state index in [9.17, 15) is 9.59 Å². The summed E-state index contributed by atoms with van der Waals surface area (Å²) in [5.74, 6) is -1.83. The lowest BCUT2D eigenvalue weighted by atomic mass is 10.4. The zero-order valence-corrected chi connectivity index (χ0v) is 8.06. The van der Waals surface area contributed by atoms with E-state index in [1.165, 1.54) is 0 Å². The Kier molecular flexibility index (Phi) is 6.39. The topological polar surface area (TPSA) is 72.8 Å². The minimum atomic E-state index is -1.86. The summed E-state index contributed by atoms with van der Waals surface area (Å²) in [6.45, 7) is 5.25. The zero-order chi connectivity index (χ0) is 11.0. The van der Waals surface area contributed by atoms with Gasteiger partial charge in [-0.3, -0.25) is 0 Å². The van der Waals surface area contributed by atoms with Crippen molar-refractivity contribution in [2.45, 2.75) is 26.1 Å². The van der Waals surface area contributed by atoms with Crippen LogP contribution in [0.15, 0.2) is 12.7 Å². The van der Waals surface area contributed by atoms with Crippen molar-refractivity contribution in [1.29, 1.82) is 0 Å². The van der Waals surface area contributed by atoms with Crippen LogP contribution in [-0.2, 0) is 19.1 Å². The first-order valence-corrected chi connectivity index (χ1v) is 4.29. The summed E-state index contributed by atoms with van der Waals surface area (Å²) in [4.78, 5) is 21.4. The first kappa shape index (κ1) is 12.6. The van der Waals surface area contributed by atoms with Gasteiger partial charge >= 0.3 is 11.9 Å². The molecule has 0 heterocycles. The third-order valence-electron chi connectivity index (χ3n) is 1.34. The molecule has 14 heavy (non-hydrogen) atoms. The number of hydrogen-bond acceptors (Lipinski definition) is 5. The van der Waals surface area contributed by atoms with Crippen molar-refractivity contribution in [2.75, 3.05) is 6.61 Å². The van der Waals surface area contributed by atoms with E-state index in [4.69, 9.17) is 5.11 Å². The van der Waals surface area contributed by atoms with E-state index in [2.05, 4.69) is 16.1 Å². The Morgan fingerprint density at radius 2 is 2.21 bits per heavy atom. The molecule has 0 aromatic heterocycles. The molecule has 0 saturated heterocycles. The van der Waals surface area contributed by atoms with Gasteiger partial charge in [-0.25, -0.2) is 9.59 Å². The smallest absolute Gasteiger partial charge is 0.376 e. The van der Waals surface area contributed by atoms with Gasteiger partial charge in [0.15, 0.2) is 0 Å². The molecule has 0 aliphatic rings. The summed E-state index contributed by atoms with van der Waals surface area (Å²) in [5.41, 5.74) is 0. The van der Waals surface area contributed by atoms with Crippen LogP contribution < -0.4 is 0 Å². The van der Waals surface area contributed by atoms with E-state index >= 15 is 0 Å². The number of carbonyl (C=O) groups is 2. The molecule has 0 radical (unpaired) electrons. The highest BCUT2D eigenvalue weighted by Gasteiger charge is 2.19. The standard InChI is InChI=1S/C9H14O5/c1-3-5-6-13-8(11)9(12)14-7(10)4-2/h4,9,12H,2-3,5-6H2,1H3. The molecule has 0 aromatic rings. The summed E-state index contributed by atoms with van der Waals surface area (Å²) in [6, 6.07) is 0. The quantitative estimate of drug-likeness (QED) is 0.292. The van der Waals surface area contributed by atoms with Crippen LogP contribution in [0.2, 0.25) is 0 Å². The van der Waals surface area contributed by atoms with E-state index < -0.39 is 18.2 Å². The maximum absolute atomic E-state index is 10.9. The molecular formula is C9H14O5. The number of aliphatic hydroxyl groups excluding tert-OH is 1. The number of rotatable bonds is 6.